The summed E-state index contributed by atoms with van der Waals surface area (Å²) in [6.45, 7) is 7.17. The molecule has 2 fully saturated rings. The first-order valence-corrected chi connectivity index (χ1v) is 6.20. The second kappa shape index (κ2) is 4.70. The zero-order chi connectivity index (χ0) is 13.6. The van der Waals surface area contributed by atoms with Gasteiger partial charge < -0.3 is 29.2 Å². The van der Waals surface area contributed by atoms with Gasteiger partial charge in [-0.3, -0.25) is 0 Å². The van der Waals surface area contributed by atoms with Crippen molar-refractivity contribution < 1.29 is 29.2 Å². The molecule has 0 saturated carbocycles. The number of aliphatic hydroxyl groups excluding tert-OH is 2. The number of rotatable bonds is 3. The smallest absolute Gasteiger partial charge is 0.164 e. The Morgan fingerprint density at radius 2 is 1.78 bits per heavy atom. The molecule has 0 radical (unpaired) electrons. The van der Waals surface area contributed by atoms with E-state index in [-0.39, 0.29) is 6.61 Å². The van der Waals surface area contributed by atoms with Gasteiger partial charge in [0, 0.05) is 0 Å². The zero-order valence-electron chi connectivity index (χ0n) is 11.3. The summed E-state index contributed by atoms with van der Waals surface area (Å²) in [5.41, 5.74) is 0. The summed E-state index contributed by atoms with van der Waals surface area (Å²) in [6.07, 6.45) is -2.54. The summed E-state index contributed by atoms with van der Waals surface area (Å²) in [5.74, 6) is -1.51. The van der Waals surface area contributed by atoms with Crippen LogP contribution in [-0.2, 0) is 18.9 Å². The standard InChI is InChI=1S/C12H22O6/c1-11(2)15-6-8(17-11)9(14)10-7(5-13)16-12(3,4)18-10/h7-10,13-14H,5-6H2,1-4H3/t7-,8-,9+,10+/m0/s1. The molecule has 6 heteroatoms. The Morgan fingerprint density at radius 1 is 1.11 bits per heavy atom. The van der Waals surface area contributed by atoms with E-state index in [1.807, 2.05) is 0 Å². The Kier molecular flexibility index (Phi) is 3.70. The van der Waals surface area contributed by atoms with Crippen LogP contribution in [0.4, 0.5) is 0 Å². The summed E-state index contributed by atoms with van der Waals surface area (Å²) >= 11 is 0. The maximum atomic E-state index is 10.3. The fourth-order valence-electron chi connectivity index (χ4n) is 2.39. The largest absolute Gasteiger partial charge is 0.394 e. The van der Waals surface area contributed by atoms with Crippen LogP contribution in [0.3, 0.4) is 0 Å². The predicted molar refractivity (Wildman–Crippen MR) is 61.8 cm³/mol. The van der Waals surface area contributed by atoms with Crippen molar-refractivity contribution in [3.05, 3.63) is 0 Å². The molecule has 2 aliphatic heterocycles. The molecule has 2 aliphatic rings. The molecule has 0 aliphatic carbocycles. The molecule has 0 aromatic rings. The fourth-order valence-corrected chi connectivity index (χ4v) is 2.39. The molecule has 2 N–H and O–H groups in total. The van der Waals surface area contributed by atoms with Crippen LogP contribution in [0.15, 0.2) is 0 Å². The van der Waals surface area contributed by atoms with Crippen LogP contribution in [0, 0.1) is 0 Å². The zero-order valence-corrected chi connectivity index (χ0v) is 11.3. The van der Waals surface area contributed by atoms with E-state index < -0.39 is 36.0 Å². The van der Waals surface area contributed by atoms with E-state index in [9.17, 15) is 10.2 Å². The molecule has 0 amide bonds. The first kappa shape index (κ1) is 14.2. The van der Waals surface area contributed by atoms with Crippen LogP contribution in [0.5, 0.6) is 0 Å². The van der Waals surface area contributed by atoms with Crippen LogP contribution in [-0.4, -0.2) is 59.4 Å². The van der Waals surface area contributed by atoms with Gasteiger partial charge >= 0.3 is 0 Å². The first-order chi connectivity index (χ1) is 8.24. The van der Waals surface area contributed by atoms with E-state index in [1.54, 1.807) is 27.7 Å². The van der Waals surface area contributed by atoms with Gasteiger partial charge in [0.05, 0.1) is 13.2 Å². The third-order valence-corrected chi connectivity index (χ3v) is 3.15. The molecule has 6 nitrogen and oxygen atoms in total. The predicted octanol–water partition coefficient (Wildman–Crippen LogP) is 0.0112. The molecule has 0 spiro atoms. The molecule has 2 saturated heterocycles. The van der Waals surface area contributed by atoms with Gasteiger partial charge in [0.2, 0.25) is 0 Å². The Labute approximate surface area is 107 Å². The second-order valence-corrected chi connectivity index (χ2v) is 5.68. The van der Waals surface area contributed by atoms with Crippen molar-refractivity contribution in [3.63, 3.8) is 0 Å². The number of ether oxygens (including phenoxy) is 4. The summed E-state index contributed by atoms with van der Waals surface area (Å²) in [4.78, 5) is 0. The summed E-state index contributed by atoms with van der Waals surface area (Å²) < 4.78 is 22.1. The van der Waals surface area contributed by atoms with Gasteiger partial charge in [-0.2, -0.15) is 0 Å². The van der Waals surface area contributed by atoms with Gasteiger partial charge in [-0.25, -0.2) is 0 Å². The highest BCUT2D eigenvalue weighted by Crippen LogP contribution is 2.33. The van der Waals surface area contributed by atoms with Gasteiger partial charge in [0.15, 0.2) is 11.6 Å². The summed E-state index contributed by atoms with van der Waals surface area (Å²) in [7, 11) is 0. The van der Waals surface area contributed by atoms with Crippen molar-refractivity contribution in [1.82, 2.24) is 0 Å². The van der Waals surface area contributed by atoms with Gasteiger partial charge in [-0.15, -0.1) is 0 Å². The highest BCUT2D eigenvalue weighted by atomic mass is 16.8. The third-order valence-electron chi connectivity index (χ3n) is 3.15. The van der Waals surface area contributed by atoms with Gasteiger partial charge in [-0.1, -0.05) is 0 Å². The van der Waals surface area contributed by atoms with Crippen LogP contribution in [0.25, 0.3) is 0 Å². The number of aliphatic hydroxyl groups is 2. The topological polar surface area (TPSA) is 77.4 Å². The Balaban J connectivity index is 2.02. The van der Waals surface area contributed by atoms with Gasteiger partial charge in [0.1, 0.15) is 24.4 Å². The van der Waals surface area contributed by atoms with E-state index in [0.717, 1.165) is 0 Å². The Morgan fingerprint density at radius 3 is 2.28 bits per heavy atom. The maximum absolute atomic E-state index is 10.3. The van der Waals surface area contributed by atoms with Crippen LogP contribution < -0.4 is 0 Å². The molecule has 2 rings (SSSR count). The molecule has 0 bridgehead atoms. The van der Waals surface area contributed by atoms with Crippen molar-refractivity contribution in [2.24, 2.45) is 0 Å². The quantitative estimate of drug-likeness (QED) is 0.746. The van der Waals surface area contributed by atoms with E-state index in [0.29, 0.717) is 6.61 Å². The molecular weight excluding hydrogens is 240 g/mol. The lowest BCUT2D eigenvalue weighted by molar-refractivity contribution is -0.178. The molecule has 0 aromatic carbocycles. The van der Waals surface area contributed by atoms with E-state index >= 15 is 0 Å². The lowest BCUT2D eigenvalue weighted by Gasteiger charge is -2.26. The van der Waals surface area contributed by atoms with Gasteiger partial charge in [-0.05, 0) is 27.7 Å². The minimum Gasteiger partial charge on any atom is -0.394 e. The van der Waals surface area contributed by atoms with Crippen molar-refractivity contribution >= 4 is 0 Å². The third kappa shape index (κ3) is 2.84. The lowest BCUT2D eigenvalue weighted by atomic mass is 10.0. The van der Waals surface area contributed by atoms with E-state index in [2.05, 4.69) is 0 Å². The number of hydrogen-bond acceptors (Lipinski definition) is 6. The highest BCUT2D eigenvalue weighted by molar-refractivity contribution is 4.91. The maximum Gasteiger partial charge on any atom is 0.164 e. The average molecular weight is 262 g/mol. The Bertz CT molecular complexity index is 303. The normalized spacial score (nSPS) is 40.0. The van der Waals surface area contributed by atoms with Crippen molar-refractivity contribution in [2.75, 3.05) is 13.2 Å². The molecule has 0 unspecified atom stereocenters. The average Bonchev–Trinajstić information content (AvgIpc) is 2.77. The monoisotopic (exact) mass is 262 g/mol. The minimum absolute atomic E-state index is 0.206. The molecular formula is C12H22O6. The Hall–Kier alpha value is -0.240. The second-order valence-electron chi connectivity index (χ2n) is 5.68. The summed E-state index contributed by atoms with van der Waals surface area (Å²) in [6, 6.07) is 0. The minimum atomic E-state index is -0.898. The van der Waals surface area contributed by atoms with Crippen LogP contribution >= 0.6 is 0 Å². The molecule has 2 heterocycles. The molecule has 106 valence electrons. The van der Waals surface area contributed by atoms with Crippen molar-refractivity contribution in [3.8, 4) is 0 Å². The van der Waals surface area contributed by atoms with Crippen molar-refractivity contribution in [2.45, 2.75) is 63.7 Å². The first-order valence-electron chi connectivity index (χ1n) is 6.20. The van der Waals surface area contributed by atoms with Crippen LogP contribution in [0.1, 0.15) is 27.7 Å². The fraction of sp³-hybridized carbons (Fsp3) is 1.00. The van der Waals surface area contributed by atoms with Crippen molar-refractivity contribution in [1.29, 1.82) is 0 Å². The highest BCUT2D eigenvalue weighted by Gasteiger charge is 2.49. The number of hydrogen-bond donors (Lipinski definition) is 2. The van der Waals surface area contributed by atoms with Crippen LogP contribution in [0.2, 0.25) is 0 Å². The molecule has 18 heavy (non-hydrogen) atoms. The molecule has 4 atom stereocenters. The van der Waals surface area contributed by atoms with E-state index in [4.69, 9.17) is 18.9 Å². The van der Waals surface area contributed by atoms with E-state index in [1.165, 1.54) is 0 Å². The summed E-state index contributed by atoms with van der Waals surface area (Å²) in [5, 5.41) is 19.6. The molecule has 0 aromatic heterocycles. The lowest BCUT2D eigenvalue weighted by Crippen LogP contribution is -2.45. The van der Waals surface area contributed by atoms with Gasteiger partial charge in [0.25, 0.3) is 0 Å². The SMILES string of the molecule is CC1(C)OC[C@@H]([C@@H](O)[C@@H]2OC(C)(C)O[C@H]2CO)O1.